The van der Waals surface area contributed by atoms with Crippen molar-refractivity contribution in [3.05, 3.63) is 77.9 Å². The van der Waals surface area contributed by atoms with E-state index in [1.165, 1.54) is 7.11 Å². The normalized spacial score (nSPS) is 10.7. The third kappa shape index (κ3) is 5.04. The van der Waals surface area contributed by atoms with Crippen molar-refractivity contribution in [2.24, 2.45) is 0 Å². The molecular weight excluding hydrogens is 410 g/mol. The molecule has 0 bridgehead atoms. The Hall–Kier alpha value is -4.34. The predicted molar refractivity (Wildman–Crippen MR) is 117 cm³/mol. The van der Waals surface area contributed by atoms with Gasteiger partial charge in [-0.3, -0.25) is 9.78 Å². The van der Waals surface area contributed by atoms with Gasteiger partial charge in [-0.1, -0.05) is 6.07 Å². The number of rotatable bonds is 8. The van der Waals surface area contributed by atoms with E-state index in [0.29, 0.717) is 41.5 Å². The highest BCUT2D eigenvalue weighted by Gasteiger charge is 2.11. The molecule has 0 saturated carbocycles. The number of carbonyl (C=O) groups excluding carboxylic acids is 2. The number of fused-ring (bicyclic) bond motifs is 1. The fourth-order valence-corrected chi connectivity index (χ4v) is 3.04. The Balaban J connectivity index is 1.36. The summed E-state index contributed by atoms with van der Waals surface area (Å²) in [4.78, 5) is 27.9. The van der Waals surface area contributed by atoms with Crippen LogP contribution in [0.15, 0.2) is 60.9 Å². The molecule has 2 N–H and O–H groups in total. The lowest BCUT2D eigenvalue weighted by molar-refractivity contribution is -0.116. The molecule has 32 heavy (non-hydrogen) atoms. The first-order chi connectivity index (χ1) is 15.6. The van der Waals surface area contributed by atoms with Crippen molar-refractivity contribution in [1.29, 1.82) is 0 Å². The van der Waals surface area contributed by atoms with Gasteiger partial charge in [-0.2, -0.15) is 4.52 Å². The van der Waals surface area contributed by atoms with E-state index in [1.807, 2.05) is 24.3 Å². The van der Waals surface area contributed by atoms with Gasteiger partial charge >= 0.3 is 5.97 Å². The fraction of sp³-hybridized carbons (Fsp3) is 0.182. The first-order valence-corrected chi connectivity index (χ1v) is 9.95. The van der Waals surface area contributed by atoms with E-state index in [1.54, 1.807) is 41.2 Å². The van der Waals surface area contributed by atoms with Crippen LogP contribution in [0.3, 0.4) is 0 Å². The van der Waals surface area contributed by atoms with Crippen molar-refractivity contribution in [1.82, 2.24) is 24.8 Å². The molecule has 10 heteroatoms. The summed E-state index contributed by atoms with van der Waals surface area (Å²) in [6.45, 7) is 0.584. The van der Waals surface area contributed by atoms with Crippen LogP contribution in [0, 0.1) is 0 Å². The zero-order valence-electron chi connectivity index (χ0n) is 17.4. The van der Waals surface area contributed by atoms with Crippen molar-refractivity contribution in [3.8, 4) is 0 Å². The molecule has 0 aliphatic rings. The molecule has 0 atom stereocenters. The number of aryl methyl sites for hydroxylation is 1. The topological polar surface area (TPSA) is 123 Å². The van der Waals surface area contributed by atoms with E-state index >= 15 is 0 Å². The first kappa shape index (κ1) is 20.9. The summed E-state index contributed by atoms with van der Waals surface area (Å²) in [7, 11) is 1.32. The summed E-state index contributed by atoms with van der Waals surface area (Å²) in [5.74, 6) is 0.639. The second-order valence-electron chi connectivity index (χ2n) is 6.94. The van der Waals surface area contributed by atoms with Gasteiger partial charge in [-0.25, -0.2) is 4.79 Å². The second kappa shape index (κ2) is 9.65. The van der Waals surface area contributed by atoms with E-state index in [-0.39, 0.29) is 12.3 Å². The van der Waals surface area contributed by atoms with Crippen molar-refractivity contribution in [3.63, 3.8) is 0 Å². The number of nitrogens with one attached hydrogen (secondary N) is 2. The van der Waals surface area contributed by atoms with Crippen molar-refractivity contribution < 1.29 is 14.3 Å². The van der Waals surface area contributed by atoms with Crippen LogP contribution in [-0.4, -0.2) is 43.8 Å². The van der Waals surface area contributed by atoms with Crippen molar-refractivity contribution >= 4 is 29.0 Å². The molecule has 4 aromatic rings. The zero-order chi connectivity index (χ0) is 22.3. The Morgan fingerprint density at radius 3 is 2.66 bits per heavy atom. The Kier molecular flexibility index (Phi) is 6.30. The monoisotopic (exact) mass is 431 g/mol. The van der Waals surface area contributed by atoms with Crippen LogP contribution in [0.2, 0.25) is 0 Å². The van der Waals surface area contributed by atoms with E-state index in [0.717, 1.165) is 5.56 Å². The van der Waals surface area contributed by atoms with Gasteiger partial charge in [-0.15, -0.1) is 15.3 Å². The predicted octanol–water partition coefficient (Wildman–Crippen LogP) is 2.49. The summed E-state index contributed by atoms with van der Waals surface area (Å²) in [6, 6.07) is 14.0. The number of carbonyl (C=O) groups is 2. The minimum Gasteiger partial charge on any atom is -0.465 e. The van der Waals surface area contributed by atoms with Crippen LogP contribution in [0.1, 0.15) is 28.2 Å². The molecule has 0 aliphatic heterocycles. The molecule has 10 nitrogen and oxygen atoms in total. The number of ether oxygens (including phenoxy) is 1. The summed E-state index contributed by atoms with van der Waals surface area (Å²) in [5.41, 5.74) is 2.65. The lowest BCUT2D eigenvalue weighted by Gasteiger charge is -2.07. The van der Waals surface area contributed by atoms with Gasteiger partial charge in [0, 0.05) is 37.5 Å². The van der Waals surface area contributed by atoms with Gasteiger partial charge in [0.25, 0.3) is 0 Å². The van der Waals surface area contributed by atoms with Gasteiger partial charge in [0.1, 0.15) is 5.82 Å². The van der Waals surface area contributed by atoms with Gasteiger partial charge in [0.15, 0.2) is 11.5 Å². The molecule has 0 radical (unpaired) electrons. The number of anilines is 2. The second-order valence-corrected chi connectivity index (χ2v) is 6.94. The summed E-state index contributed by atoms with van der Waals surface area (Å²) in [5, 5.41) is 18.8. The Labute approximate surface area is 183 Å². The molecule has 0 saturated heterocycles. The fourth-order valence-electron chi connectivity index (χ4n) is 3.04. The van der Waals surface area contributed by atoms with Crippen LogP contribution in [0.25, 0.3) is 5.65 Å². The maximum atomic E-state index is 12.3. The maximum absolute atomic E-state index is 12.3. The number of hydrogen-bond donors (Lipinski definition) is 2. The molecule has 0 aliphatic carbocycles. The minimum atomic E-state index is -0.427. The number of hydrogen-bond acceptors (Lipinski definition) is 8. The van der Waals surface area contributed by atoms with Crippen molar-refractivity contribution in [2.75, 3.05) is 17.7 Å². The smallest absolute Gasteiger partial charge is 0.337 e. The molecule has 3 heterocycles. The Morgan fingerprint density at radius 1 is 1.06 bits per heavy atom. The first-order valence-electron chi connectivity index (χ1n) is 9.95. The molecule has 1 aromatic carbocycles. The molecule has 3 aromatic heterocycles. The standard InChI is InChI=1S/C22H21N7O3/c1-32-22(31)16-4-6-17(7-5-16)25-21(30)11-10-20-27-26-19-9-8-18(28-29(19)20)24-14-15-3-2-12-23-13-15/h2-9,12-13H,10-11,14H2,1H3,(H,24,28)(H,25,30). The highest BCUT2D eigenvalue weighted by Crippen LogP contribution is 2.13. The maximum Gasteiger partial charge on any atom is 0.337 e. The zero-order valence-corrected chi connectivity index (χ0v) is 17.4. The third-order valence-corrected chi connectivity index (χ3v) is 4.69. The largest absolute Gasteiger partial charge is 0.465 e. The SMILES string of the molecule is COC(=O)c1ccc(NC(=O)CCc2nnc3ccc(NCc4cccnc4)nn23)cc1. The number of esters is 1. The number of aromatic nitrogens is 5. The summed E-state index contributed by atoms with van der Waals surface area (Å²) in [6.07, 6.45) is 4.09. The minimum absolute atomic E-state index is 0.182. The molecule has 162 valence electrons. The average molecular weight is 431 g/mol. The number of amides is 1. The molecular formula is C22H21N7O3. The van der Waals surface area contributed by atoms with Gasteiger partial charge in [0.2, 0.25) is 5.91 Å². The number of benzene rings is 1. The molecule has 0 spiro atoms. The van der Waals surface area contributed by atoms with Crippen LogP contribution in [0.5, 0.6) is 0 Å². The Morgan fingerprint density at radius 2 is 1.91 bits per heavy atom. The van der Waals surface area contributed by atoms with Gasteiger partial charge in [-0.05, 0) is 48.0 Å². The number of methoxy groups -OCH3 is 1. The van der Waals surface area contributed by atoms with Crippen LogP contribution in [0.4, 0.5) is 11.5 Å². The summed E-state index contributed by atoms with van der Waals surface area (Å²) >= 11 is 0. The van der Waals surface area contributed by atoms with Crippen LogP contribution < -0.4 is 10.6 Å². The highest BCUT2D eigenvalue weighted by molar-refractivity contribution is 5.93. The molecule has 0 fully saturated rings. The third-order valence-electron chi connectivity index (χ3n) is 4.69. The van der Waals surface area contributed by atoms with E-state index in [9.17, 15) is 9.59 Å². The lowest BCUT2D eigenvalue weighted by atomic mass is 10.2. The summed E-state index contributed by atoms with van der Waals surface area (Å²) < 4.78 is 6.29. The van der Waals surface area contributed by atoms with Crippen LogP contribution >= 0.6 is 0 Å². The number of pyridine rings is 1. The van der Waals surface area contributed by atoms with Crippen LogP contribution in [-0.2, 0) is 22.5 Å². The highest BCUT2D eigenvalue weighted by atomic mass is 16.5. The van der Waals surface area contributed by atoms with Gasteiger partial charge < -0.3 is 15.4 Å². The van der Waals surface area contributed by atoms with Crippen molar-refractivity contribution in [2.45, 2.75) is 19.4 Å². The van der Waals surface area contributed by atoms with E-state index in [2.05, 4.69) is 35.7 Å². The van der Waals surface area contributed by atoms with E-state index < -0.39 is 5.97 Å². The average Bonchev–Trinajstić information content (AvgIpc) is 3.24. The quantitative estimate of drug-likeness (QED) is 0.408. The van der Waals surface area contributed by atoms with Gasteiger partial charge in [0.05, 0.1) is 12.7 Å². The molecule has 1 amide bonds. The van der Waals surface area contributed by atoms with E-state index in [4.69, 9.17) is 0 Å². The number of nitrogens with zero attached hydrogens (tertiary/aromatic N) is 5. The molecule has 4 rings (SSSR count). The lowest BCUT2D eigenvalue weighted by Crippen LogP contribution is -2.14. The molecule has 0 unspecified atom stereocenters. The Bertz CT molecular complexity index is 1220.